The van der Waals surface area contributed by atoms with Crippen LogP contribution in [0.15, 0.2) is 35.6 Å². The first-order valence-corrected chi connectivity index (χ1v) is 16.1. The number of phenols is 1. The summed E-state index contributed by atoms with van der Waals surface area (Å²) in [4.78, 5) is 37.4. The van der Waals surface area contributed by atoms with E-state index in [1.165, 1.54) is 12.1 Å². The molecule has 2 rings (SSSR count). The number of carbonyl (C=O) groups excluding carboxylic acids is 3. The normalized spacial score (nSPS) is 17.7. The van der Waals surface area contributed by atoms with Crippen molar-refractivity contribution in [3.63, 3.8) is 0 Å². The third-order valence-corrected chi connectivity index (χ3v) is 8.24. The lowest BCUT2D eigenvalue weighted by molar-refractivity contribution is -0.119. The Morgan fingerprint density at radius 2 is 1.31 bits per heavy atom. The number of carbonyl (C=O) groups is 3. The van der Waals surface area contributed by atoms with Crippen molar-refractivity contribution in [2.45, 2.75) is 135 Å². The number of rotatable bonds is 23. The zero-order valence-corrected chi connectivity index (χ0v) is 25.5. The summed E-state index contributed by atoms with van der Waals surface area (Å²) >= 11 is 0. The van der Waals surface area contributed by atoms with Gasteiger partial charge in [-0.15, -0.1) is 0 Å². The molecule has 1 aromatic carbocycles. The summed E-state index contributed by atoms with van der Waals surface area (Å²) in [5.74, 6) is -0.800. The van der Waals surface area contributed by atoms with Crippen LogP contribution in [0.25, 0.3) is 0 Å². The van der Waals surface area contributed by atoms with Gasteiger partial charge in [-0.1, -0.05) is 89.7 Å². The van der Waals surface area contributed by atoms with Crippen LogP contribution in [-0.4, -0.2) is 56.7 Å². The van der Waals surface area contributed by atoms with E-state index in [1.54, 1.807) is 12.1 Å². The lowest BCUT2D eigenvalue weighted by Gasteiger charge is -2.12. The second-order valence-electron chi connectivity index (χ2n) is 12.0. The van der Waals surface area contributed by atoms with Gasteiger partial charge in [-0.3, -0.25) is 14.4 Å². The molecule has 3 atom stereocenters. The predicted octanol–water partition coefficient (Wildman–Crippen LogP) is 6.00. The van der Waals surface area contributed by atoms with Crippen molar-refractivity contribution in [2.75, 3.05) is 6.61 Å². The molecule has 8 heteroatoms. The van der Waals surface area contributed by atoms with Crippen LogP contribution in [0.4, 0.5) is 0 Å². The fourth-order valence-electron chi connectivity index (χ4n) is 5.50. The van der Waals surface area contributed by atoms with Gasteiger partial charge in [-0.2, -0.15) is 0 Å². The highest BCUT2D eigenvalue weighted by molar-refractivity contribution is 6.27. The summed E-state index contributed by atoms with van der Waals surface area (Å²) in [6.07, 6.45) is 16.0. The number of phenolic OH excluding ortho intramolecular Hbond substituents is 1. The van der Waals surface area contributed by atoms with Gasteiger partial charge < -0.3 is 25.7 Å². The van der Waals surface area contributed by atoms with Gasteiger partial charge in [-0.25, -0.2) is 0 Å². The van der Waals surface area contributed by atoms with Crippen molar-refractivity contribution in [3.05, 3.63) is 41.2 Å². The molecule has 42 heavy (non-hydrogen) atoms. The number of benzene rings is 1. The number of unbranched alkanes of at least 4 members (excludes halogenated alkanes) is 11. The minimum atomic E-state index is -0.709. The Bertz CT molecular complexity index is 988. The predicted molar refractivity (Wildman–Crippen MR) is 164 cm³/mol. The summed E-state index contributed by atoms with van der Waals surface area (Å²) in [6.45, 7) is 1.69. The summed E-state index contributed by atoms with van der Waals surface area (Å²) in [7, 11) is 0. The first kappa shape index (κ1) is 35.5. The lowest BCUT2D eigenvalue weighted by Crippen LogP contribution is -2.31. The fourth-order valence-corrected chi connectivity index (χ4v) is 5.50. The third-order valence-electron chi connectivity index (χ3n) is 8.24. The Kier molecular flexibility index (Phi) is 17.1. The molecular weight excluding hydrogens is 534 g/mol. The van der Waals surface area contributed by atoms with Crippen molar-refractivity contribution in [1.82, 2.24) is 5.32 Å². The van der Waals surface area contributed by atoms with E-state index in [-0.39, 0.29) is 35.4 Å². The van der Waals surface area contributed by atoms with E-state index in [4.69, 9.17) is 5.11 Å². The standard InChI is InChI=1S/C34H53NO7/c1-25(32(40)31-33(41)30(35-34(31)42)23-26-19-21-28(38)22-20-26)15-11-7-5-6-9-13-17-27(37)16-12-8-3-2-4-10-14-18-29(39)24-36/h19-22,25,29-30,36,38-40H,2-18,23-24H2,1H3,(H,35,42)/t25?,29-,30+/m1/s1. The zero-order chi connectivity index (χ0) is 30.7. The summed E-state index contributed by atoms with van der Waals surface area (Å²) in [6, 6.07) is 5.79. The smallest absolute Gasteiger partial charge is 0.259 e. The maximum absolute atomic E-state index is 12.8. The average Bonchev–Trinajstić information content (AvgIpc) is 3.25. The molecule has 1 aliphatic heterocycles. The first-order valence-electron chi connectivity index (χ1n) is 16.1. The Labute approximate surface area is 251 Å². The monoisotopic (exact) mass is 587 g/mol. The minimum absolute atomic E-state index is 0.122. The number of allylic oxidation sites excluding steroid dienone is 1. The van der Waals surface area contributed by atoms with E-state index in [1.807, 2.05) is 6.92 Å². The van der Waals surface area contributed by atoms with Crippen LogP contribution in [0, 0.1) is 5.92 Å². The molecule has 0 saturated carbocycles. The van der Waals surface area contributed by atoms with Gasteiger partial charge in [0.1, 0.15) is 22.9 Å². The van der Waals surface area contributed by atoms with Crippen molar-refractivity contribution >= 4 is 17.5 Å². The van der Waals surface area contributed by atoms with Crippen molar-refractivity contribution in [2.24, 2.45) is 5.92 Å². The molecule has 5 N–H and O–H groups in total. The van der Waals surface area contributed by atoms with Crippen LogP contribution < -0.4 is 5.32 Å². The highest BCUT2D eigenvalue weighted by Crippen LogP contribution is 2.25. The topological polar surface area (TPSA) is 144 Å². The van der Waals surface area contributed by atoms with Gasteiger partial charge in [0.15, 0.2) is 5.78 Å². The van der Waals surface area contributed by atoms with E-state index in [2.05, 4.69) is 5.32 Å². The van der Waals surface area contributed by atoms with Gasteiger partial charge in [0.25, 0.3) is 5.91 Å². The zero-order valence-electron chi connectivity index (χ0n) is 25.5. The van der Waals surface area contributed by atoms with Crippen molar-refractivity contribution < 1.29 is 34.8 Å². The highest BCUT2D eigenvalue weighted by atomic mass is 16.3. The van der Waals surface area contributed by atoms with Crippen LogP contribution in [0.2, 0.25) is 0 Å². The Balaban J connectivity index is 1.49. The van der Waals surface area contributed by atoms with Crippen LogP contribution >= 0.6 is 0 Å². The largest absolute Gasteiger partial charge is 0.511 e. The molecule has 8 nitrogen and oxygen atoms in total. The van der Waals surface area contributed by atoms with E-state index in [0.29, 0.717) is 37.9 Å². The van der Waals surface area contributed by atoms with Crippen molar-refractivity contribution in [1.29, 1.82) is 0 Å². The quantitative estimate of drug-likeness (QED) is 0.0457. The van der Waals surface area contributed by atoms with Gasteiger partial charge in [-0.05, 0) is 43.4 Å². The van der Waals surface area contributed by atoms with Crippen LogP contribution in [-0.2, 0) is 20.8 Å². The molecule has 1 amide bonds. The highest BCUT2D eigenvalue weighted by Gasteiger charge is 2.39. The van der Waals surface area contributed by atoms with E-state index < -0.39 is 18.1 Å². The Hall–Kier alpha value is -2.71. The van der Waals surface area contributed by atoms with Gasteiger partial charge >= 0.3 is 0 Å². The second kappa shape index (κ2) is 20.2. The van der Waals surface area contributed by atoms with Crippen molar-refractivity contribution in [3.8, 4) is 5.75 Å². The molecule has 0 radical (unpaired) electrons. The average molecular weight is 588 g/mol. The maximum Gasteiger partial charge on any atom is 0.259 e. The van der Waals surface area contributed by atoms with Gasteiger partial charge in [0.2, 0.25) is 0 Å². The number of amides is 1. The summed E-state index contributed by atoms with van der Waals surface area (Å²) in [5.41, 5.74) is 0.694. The number of aliphatic hydroxyl groups excluding tert-OH is 3. The summed E-state index contributed by atoms with van der Waals surface area (Å²) in [5, 5.41) is 40.9. The number of nitrogens with one attached hydrogen (secondary N) is 1. The molecule has 1 aliphatic rings. The number of aliphatic hydroxyl groups is 3. The van der Waals surface area contributed by atoms with Crippen LogP contribution in [0.5, 0.6) is 5.75 Å². The molecule has 1 heterocycles. The number of aromatic hydroxyl groups is 1. The number of hydrogen-bond donors (Lipinski definition) is 5. The lowest BCUT2D eigenvalue weighted by atomic mass is 9.94. The number of ketones is 2. The van der Waals surface area contributed by atoms with E-state index >= 15 is 0 Å². The van der Waals surface area contributed by atoms with Gasteiger partial charge in [0, 0.05) is 25.2 Å². The molecule has 1 fully saturated rings. The molecule has 0 bridgehead atoms. The minimum Gasteiger partial charge on any atom is -0.511 e. The Morgan fingerprint density at radius 1 is 0.810 bits per heavy atom. The maximum atomic E-state index is 12.8. The molecule has 1 saturated heterocycles. The Morgan fingerprint density at radius 3 is 1.86 bits per heavy atom. The fraction of sp³-hybridized carbons (Fsp3) is 0.676. The molecular formula is C34H53NO7. The number of hydrogen-bond acceptors (Lipinski definition) is 7. The molecule has 0 aromatic heterocycles. The molecule has 1 aromatic rings. The van der Waals surface area contributed by atoms with Gasteiger partial charge in [0.05, 0.1) is 18.8 Å². The third kappa shape index (κ3) is 13.5. The molecule has 0 spiro atoms. The second-order valence-corrected chi connectivity index (χ2v) is 12.0. The number of Topliss-reactive ketones (excluding diaryl/α,β-unsaturated/α-hetero) is 2. The van der Waals surface area contributed by atoms with Crippen LogP contribution in [0.1, 0.15) is 122 Å². The van der Waals surface area contributed by atoms with E-state index in [0.717, 1.165) is 89.0 Å². The molecule has 236 valence electrons. The first-order chi connectivity index (χ1) is 20.2. The van der Waals surface area contributed by atoms with Crippen LogP contribution in [0.3, 0.4) is 0 Å². The SMILES string of the molecule is CC(CCCCCCCCC(=O)CCCCCCCCC[C@@H](O)CO)C(O)=C1C(=O)N[C@@H](Cc2ccc(O)cc2)C1=O. The van der Waals surface area contributed by atoms with E-state index in [9.17, 15) is 29.7 Å². The molecule has 0 aliphatic carbocycles. The summed E-state index contributed by atoms with van der Waals surface area (Å²) < 4.78 is 0. The molecule has 1 unspecified atom stereocenters.